The Hall–Kier alpha value is -1.33. The Morgan fingerprint density at radius 3 is 2.56 bits per heavy atom. The number of rotatable bonds is 6. The molecule has 0 aromatic carbocycles. The summed E-state index contributed by atoms with van der Waals surface area (Å²) in [7, 11) is 0. The maximum atomic E-state index is 13.2. The van der Waals surface area contributed by atoms with Gasteiger partial charge < -0.3 is 19.5 Å². The van der Waals surface area contributed by atoms with E-state index >= 15 is 0 Å². The number of aromatic nitrogens is 1. The van der Waals surface area contributed by atoms with Gasteiger partial charge in [0.25, 0.3) is 5.91 Å². The van der Waals surface area contributed by atoms with Crippen LogP contribution in [0.3, 0.4) is 0 Å². The van der Waals surface area contributed by atoms with E-state index in [0.717, 1.165) is 49.8 Å². The summed E-state index contributed by atoms with van der Waals surface area (Å²) < 4.78 is 5.84. The predicted molar refractivity (Wildman–Crippen MR) is 107 cm³/mol. The molecule has 1 aromatic rings. The average Bonchev–Trinajstić information content (AvgIpc) is 3.44. The first-order valence-corrected chi connectivity index (χ1v) is 11.0. The van der Waals surface area contributed by atoms with Crippen molar-refractivity contribution < 1.29 is 9.53 Å². The highest BCUT2D eigenvalue weighted by atomic mass is 16.5. The van der Waals surface area contributed by atoms with Gasteiger partial charge in [-0.1, -0.05) is 12.8 Å². The molecule has 2 saturated heterocycles. The van der Waals surface area contributed by atoms with E-state index in [2.05, 4.69) is 14.8 Å². The van der Waals surface area contributed by atoms with Crippen LogP contribution in [0.4, 0.5) is 0 Å². The number of likely N-dealkylation sites (tertiary alicyclic amines) is 1. The molecule has 1 amide bonds. The smallest absolute Gasteiger partial charge is 0.255 e. The van der Waals surface area contributed by atoms with Gasteiger partial charge >= 0.3 is 0 Å². The van der Waals surface area contributed by atoms with Gasteiger partial charge in [0.2, 0.25) is 0 Å². The van der Waals surface area contributed by atoms with Crippen LogP contribution in [0.1, 0.15) is 67.4 Å². The van der Waals surface area contributed by atoms with E-state index in [-0.39, 0.29) is 12.0 Å². The normalized spacial score (nSPS) is 25.3. The predicted octanol–water partition coefficient (Wildman–Crippen LogP) is 3.60. The Balaban J connectivity index is 1.37. The zero-order valence-electron chi connectivity index (χ0n) is 16.8. The molecule has 1 N–H and O–H groups in total. The Kier molecular flexibility index (Phi) is 6.18. The number of hydrogen-bond donors (Lipinski definition) is 1. The molecular weight excluding hydrogens is 338 g/mol. The van der Waals surface area contributed by atoms with Crippen molar-refractivity contribution in [3.8, 4) is 0 Å². The summed E-state index contributed by atoms with van der Waals surface area (Å²) in [5, 5.41) is 0. The molecule has 2 aliphatic heterocycles. The number of carbonyl (C=O) groups is 1. The van der Waals surface area contributed by atoms with Gasteiger partial charge in [-0.05, 0) is 70.5 Å². The van der Waals surface area contributed by atoms with Gasteiger partial charge in [-0.15, -0.1) is 0 Å². The highest BCUT2D eigenvalue weighted by Crippen LogP contribution is 2.29. The third kappa shape index (κ3) is 4.57. The van der Waals surface area contributed by atoms with Crippen molar-refractivity contribution in [1.29, 1.82) is 0 Å². The molecule has 5 nitrogen and oxygen atoms in total. The Bertz CT molecular complexity index is 609. The van der Waals surface area contributed by atoms with Crippen LogP contribution in [-0.2, 0) is 4.74 Å². The summed E-state index contributed by atoms with van der Waals surface area (Å²) in [4.78, 5) is 21.2. The van der Waals surface area contributed by atoms with Gasteiger partial charge in [0.1, 0.15) is 0 Å². The summed E-state index contributed by atoms with van der Waals surface area (Å²) >= 11 is 0. The molecule has 1 saturated carbocycles. The molecular formula is C22H35N3O2. The number of piperidine rings is 1. The minimum absolute atomic E-state index is 0.169. The number of amides is 1. The lowest BCUT2D eigenvalue weighted by Gasteiger charge is -2.38. The van der Waals surface area contributed by atoms with Gasteiger partial charge in [-0.3, -0.25) is 4.79 Å². The Labute approximate surface area is 163 Å². The molecule has 5 heteroatoms. The largest absolute Gasteiger partial charge is 0.376 e. The minimum atomic E-state index is 0.169. The highest BCUT2D eigenvalue weighted by molar-refractivity contribution is 5.95. The molecule has 27 heavy (non-hydrogen) atoms. The Morgan fingerprint density at radius 1 is 1.15 bits per heavy atom. The van der Waals surface area contributed by atoms with Crippen LogP contribution >= 0.6 is 0 Å². The maximum absolute atomic E-state index is 13.2. The number of aryl methyl sites for hydroxylation is 1. The number of nitrogens with zero attached hydrogens (tertiary/aromatic N) is 2. The molecule has 150 valence electrons. The van der Waals surface area contributed by atoms with Crippen molar-refractivity contribution in [3.63, 3.8) is 0 Å². The first-order valence-electron chi connectivity index (χ1n) is 11.0. The van der Waals surface area contributed by atoms with Crippen molar-refractivity contribution >= 4 is 5.91 Å². The molecule has 0 spiro atoms. The van der Waals surface area contributed by atoms with Crippen LogP contribution in [0.2, 0.25) is 0 Å². The van der Waals surface area contributed by atoms with Crippen LogP contribution in [0, 0.1) is 12.8 Å². The summed E-state index contributed by atoms with van der Waals surface area (Å²) in [6, 6.07) is 2.75. The van der Waals surface area contributed by atoms with Crippen LogP contribution in [0.15, 0.2) is 12.3 Å². The number of ether oxygens (including phenoxy) is 1. The minimum Gasteiger partial charge on any atom is -0.376 e. The zero-order chi connectivity index (χ0) is 18.6. The van der Waals surface area contributed by atoms with E-state index in [9.17, 15) is 4.79 Å². The molecule has 1 unspecified atom stereocenters. The second-order valence-corrected chi connectivity index (χ2v) is 8.78. The SMILES string of the molecule is Cc1[nH]ccc1C(=O)N(CC1CCN(C2CCCC2)CC1)CC1CCCO1. The number of carbonyl (C=O) groups excluding carboxylic acids is 1. The lowest BCUT2D eigenvalue weighted by molar-refractivity contribution is 0.0429. The summed E-state index contributed by atoms with van der Waals surface area (Å²) in [5.74, 6) is 0.787. The maximum Gasteiger partial charge on any atom is 0.255 e. The van der Waals surface area contributed by atoms with E-state index in [4.69, 9.17) is 4.74 Å². The van der Waals surface area contributed by atoms with Gasteiger partial charge in [0.15, 0.2) is 0 Å². The number of aromatic amines is 1. The van der Waals surface area contributed by atoms with Gasteiger partial charge in [-0.2, -0.15) is 0 Å². The molecule has 0 bridgehead atoms. The van der Waals surface area contributed by atoms with E-state index in [1.54, 1.807) is 0 Å². The molecule has 4 rings (SSSR count). The molecule has 3 fully saturated rings. The van der Waals surface area contributed by atoms with Crippen LogP contribution < -0.4 is 0 Å². The van der Waals surface area contributed by atoms with Crippen LogP contribution in [0.5, 0.6) is 0 Å². The third-order valence-corrected chi connectivity index (χ3v) is 6.89. The number of H-pyrrole nitrogens is 1. The summed E-state index contributed by atoms with van der Waals surface area (Å²) in [6.45, 7) is 6.86. The molecule has 1 atom stereocenters. The molecule has 3 aliphatic rings. The second-order valence-electron chi connectivity index (χ2n) is 8.78. The topological polar surface area (TPSA) is 48.6 Å². The van der Waals surface area contributed by atoms with Crippen LogP contribution in [0.25, 0.3) is 0 Å². The average molecular weight is 374 g/mol. The van der Waals surface area contributed by atoms with Gasteiger partial charge in [-0.25, -0.2) is 0 Å². The number of hydrogen-bond acceptors (Lipinski definition) is 3. The lowest BCUT2D eigenvalue weighted by atomic mass is 9.94. The first-order chi connectivity index (χ1) is 13.2. The molecule has 3 heterocycles. The van der Waals surface area contributed by atoms with Crippen LogP contribution in [-0.4, -0.2) is 65.6 Å². The van der Waals surface area contributed by atoms with Gasteiger partial charge in [0, 0.05) is 37.6 Å². The van der Waals surface area contributed by atoms with Crippen molar-refractivity contribution in [2.24, 2.45) is 5.92 Å². The standard InChI is InChI=1S/C22H35N3O2/c1-17-21(8-11-23-17)22(26)25(16-20-7-4-14-27-20)15-18-9-12-24(13-10-18)19-5-2-3-6-19/h8,11,18-20,23H,2-7,9-10,12-16H2,1H3. The van der Waals surface area contributed by atoms with Crippen molar-refractivity contribution in [2.45, 2.75) is 70.4 Å². The summed E-state index contributed by atoms with van der Waals surface area (Å²) in [5.41, 5.74) is 1.78. The lowest BCUT2D eigenvalue weighted by Crippen LogP contribution is -2.45. The van der Waals surface area contributed by atoms with E-state index in [0.29, 0.717) is 5.92 Å². The van der Waals surface area contributed by atoms with Gasteiger partial charge in [0.05, 0.1) is 11.7 Å². The quantitative estimate of drug-likeness (QED) is 0.829. The molecule has 1 aromatic heterocycles. The third-order valence-electron chi connectivity index (χ3n) is 6.89. The second kappa shape index (κ2) is 8.78. The zero-order valence-corrected chi connectivity index (χ0v) is 16.8. The van der Waals surface area contributed by atoms with Crippen molar-refractivity contribution in [3.05, 3.63) is 23.5 Å². The number of nitrogens with one attached hydrogen (secondary N) is 1. The summed E-state index contributed by atoms with van der Waals surface area (Å²) in [6.07, 6.45) is 12.3. The van der Waals surface area contributed by atoms with E-state index in [1.165, 1.54) is 51.6 Å². The Morgan fingerprint density at radius 2 is 1.93 bits per heavy atom. The van der Waals surface area contributed by atoms with Crippen molar-refractivity contribution in [1.82, 2.24) is 14.8 Å². The van der Waals surface area contributed by atoms with Crippen molar-refractivity contribution in [2.75, 3.05) is 32.8 Å². The molecule has 1 aliphatic carbocycles. The monoisotopic (exact) mass is 373 g/mol. The van der Waals surface area contributed by atoms with E-state index in [1.807, 2.05) is 19.2 Å². The fourth-order valence-corrected chi connectivity index (χ4v) is 5.21. The van der Waals surface area contributed by atoms with E-state index < -0.39 is 0 Å². The fraction of sp³-hybridized carbons (Fsp3) is 0.773. The molecule has 0 radical (unpaired) electrons. The fourth-order valence-electron chi connectivity index (χ4n) is 5.21. The highest BCUT2D eigenvalue weighted by Gasteiger charge is 2.31. The first kappa shape index (κ1) is 19.0.